The highest BCUT2D eigenvalue weighted by molar-refractivity contribution is 6.32. The molecule has 0 aromatic heterocycles. The van der Waals surface area contributed by atoms with Gasteiger partial charge in [-0.25, -0.2) is 13.8 Å². The minimum atomic E-state index is -1.11. The molecular weight excluding hydrogens is 404 g/mol. The molecule has 1 saturated heterocycles. The highest BCUT2D eigenvalue weighted by Gasteiger charge is 2.17. The highest BCUT2D eigenvalue weighted by Crippen LogP contribution is 2.27. The average Bonchev–Trinajstić information content (AvgIpc) is 3.22. The number of rotatable bonds is 5. The summed E-state index contributed by atoms with van der Waals surface area (Å²) in [6.45, 7) is 1.02. The third-order valence-electron chi connectivity index (χ3n) is 4.31. The number of nitrogens with one attached hydrogen (secondary N) is 2. The maximum Gasteiger partial charge on any atom is 0.258 e. The summed E-state index contributed by atoms with van der Waals surface area (Å²) in [5.41, 5.74) is 0.524. The first-order chi connectivity index (χ1) is 14.0. The van der Waals surface area contributed by atoms with E-state index in [1.165, 1.54) is 13.2 Å². The number of guanidine groups is 1. The molecular formula is C20H20ClF2N3O3. The molecule has 0 radical (unpaired) electrons. The first-order valence-corrected chi connectivity index (χ1v) is 9.37. The number of anilines is 1. The monoisotopic (exact) mass is 423 g/mol. The Morgan fingerprint density at radius 3 is 2.76 bits per heavy atom. The molecule has 9 heteroatoms. The van der Waals surface area contributed by atoms with Gasteiger partial charge in [0.25, 0.3) is 5.91 Å². The molecule has 2 N–H and O–H groups in total. The van der Waals surface area contributed by atoms with E-state index in [1.54, 1.807) is 18.2 Å². The molecule has 29 heavy (non-hydrogen) atoms. The van der Waals surface area contributed by atoms with Crippen LogP contribution in [0.25, 0.3) is 0 Å². The summed E-state index contributed by atoms with van der Waals surface area (Å²) in [6.07, 6.45) is 1.80. The summed E-state index contributed by atoms with van der Waals surface area (Å²) in [5.74, 6) is -2.13. The molecule has 0 saturated carbocycles. The maximum atomic E-state index is 13.4. The zero-order valence-electron chi connectivity index (χ0n) is 15.7. The summed E-state index contributed by atoms with van der Waals surface area (Å²) in [7, 11) is 1.50. The van der Waals surface area contributed by atoms with Gasteiger partial charge in [-0.15, -0.1) is 0 Å². The Morgan fingerprint density at radius 1 is 1.28 bits per heavy atom. The van der Waals surface area contributed by atoms with Gasteiger partial charge in [-0.2, -0.15) is 0 Å². The van der Waals surface area contributed by atoms with Crippen LogP contribution in [-0.4, -0.2) is 38.2 Å². The van der Waals surface area contributed by atoms with E-state index in [0.717, 1.165) is 25.0 Å². The van der Waals surface area contributed by atoms with Crippen molar-refractivity contribution in [2.75, 3.05) is 25.6 Å². The lowest BCUT2D eigenvalue weighted by molar-refractivity contribution is 0.0975. The number of methoxy groups -OCH3 is 1. The van der Waals surface area contributed by atoms with Gasteiger partial charge in [0.15, 0.2) is 11.6 Å². The molecule has 2 aromatic carbocycles. The molecule has 154 valence electrons. The zero-order valence-corrected chi connectivity index (χ0v) is 16.4. The second-order valence-electron chi connectivity index (χ2n) is 6.38. The Morgan fingerprint density at radius 2 is 2.10 bits per heavy atom. The number of halogens is 3. The van der Waals surface area contributed by atoms with Crippen LogP contribution in [0.15, 0.2) is 41.4 Å². The summed E-state index contributed by atoms with van der Waals surface area (Å²) in [5, 5.41) is 5.94. The second-order valence-corrected chi connectivity index (χ2v) is 6.79. The van der Waals surface area contributed by atoms with Gasteiger partial charge in [-0.05, 0) is 49.2 Å². The molecule has 0 aliphatic carbocycles. The molecule has 6 nitrogen and oxygen atoms in total. The molecule has 1 aliphatic heterocycles. The van der Waals surface area contributed by atoms with Gasteiger partial charge in [0, 0.05) is 17.9 Å². The number of amides is 1. The number of hydrogen-bond acceptors (Lipinski definition) is 4. The largest absolute Gasteiger partial charge is 0.495 e. The van der Waals surface area contributed by atoms with Crippen LogP contribution >= 0.6 is 11.6 Å². The molecule has 1 aliphatic rings. The fourth-order valence-electron chi connectivity index (χ4n) is 2.79. The Balaban J connectivity index is 1.78. The van der Waals surface area contributed by atoms with Crippen LogP contribution in [0.4, 0.5) is 14.5 Å². The molecule has 0 bridgehead atoms. The normalized spacial score (nSPS) is 16.6. The number of carbonyl (C=O) groups is 1. The lowest BCUT2D eigenvalue weighted by Gasteiger charge is -2.14. The Hall–Kier alpha value is -2.71. The molecule has 0 unspecified atom stereocenters. The molecule has 3 rings (SSSR count). The van der Waals surface area contributed by atoms with Crippen LogP contribution in [0.1, 0.15) is 23.2 Å². The van der Waals surface area contributed by atoms with Gasteiger partial charge in [-0.1, -0.05) is 11.6 Å². The minimum Gasteiger partial charge on any atom is -0.495 e. The van der Waals surface area contributed by atoms with E-state index in [1.807, 2.05) is 0 Å². The van der Waals surface area contributed by atoms with E-state index in [2.05, 4.69) is 15.6 Å². The first-order valence-electron chi connectivity index (χ1n) is 8.99. The van der Waals surface area contributed by atoms with Crippen molar-refractivity contribution < 1.29 is 23.0 Å². The smallest absolute Gasteiger partial charge is 0.258 e. The molecule has 1 atom stereocenters. The van der Waals surface area contributed by atoms with Gasteiger partial charge in [0.05, 0.1) is 24.8 Å². The third-order valence-corrected chi connectivity index (χ3v) is 4.60. The van der Waals surface area contributed by atoms with E-state index in [0.29, 0.717) is 29.6 Å². The Labute approximate surface area is 171 Å². The van der Waals surface area contributed by atoms with Crippen LogP contribution in [-0.2, 0) is 4.74 Å². The summed E-state index contributed by atoms with van der Waals surface area (Å²) in [6, 6.07) is 7.90. The van der Waals surface area contributed by atoms with Gasteiger partial charge >= 0.3 is 0 Å². The van der Waals surface area contributed by atoms with Crippen molar-refractivity contribution in [3.05, 3.63) is 58.6 Å². The van der Waals surface area contributed by atoms with Crippen LogP contribution in [0, 0.1) is 11.6 Å². The fourth-order valence-corrected chi connectivity index (χ4v) is 3.05. The van der Waals surface area contributed by atoms with E-state index in [4.69, 9.17) is 21.1 Å². The average molecular weight is 424 g/mol. The van der Waals surface area contributed by atoms with E-state index < -0.39 is 17.5 Å². The highest BCUT2D eigenvalue weighted by atomic mass is 35.5. The van der Waals surface area contributed by atoms with Crippen molar-refractivity contribution in [3.63, 3.8) is 0 Å². The SMILES string of the molecule is COc1ccc(NC(=NC[C@H]2CCCO2)NC(=O)c2ccc(F)c(F)c2)cc1Cl. The van der Waals surface area contributed by atoms with Crippen molar-refractivity contribution >= 4 is 29.2 Å². The summed E-state index contributed by atoms with van der Waals surface area (Å²) >= 11 is 6.14. The number of nitrogens with zero attached hydrogens (tertiary/aromatic N) is 1. The van der Waals surface area contributed by atoms with Gasteiger partial charge in [0.2, 0.25) is 5.96 Å². The van der Waals surface area contributed by atoms with Crippen LogP contribution < -0.4 is 15.4 Å². The zero-order chi connectivity index (χ0) is 20.8. The van der Waals surface area contributed by atoms with Gasteiger partial charge in [0.1, 0.15) is 5.75 Å². The molecule has 1 amide bonds. The number of carbonyl (C=O) groups excluding carboxylic acids is 1. The third kappa shape index (κ3) is 5.65. The maximum absolute atomic E-state index is 13.4. The lowest BCUT2D eigenvalue weighted by Crippen LogP contribution is -2.36. The molecule has 0 spiro atoms. The molecule has 1 fully saturated rings. The van der Waals surface area contributed by atoms with Crippen molar-refractivity contribution in [3.8, 4) is 5.75 Å². The molecule has 2 aromatic rings. The van der Waals surface area contributed by atoms with Crippen LogP contribution in [0.3, 0.4) is 0 Å². The van der Waals surface area contributed by atoms with Crippen LogP contribution in [0.5, 0.6) is 5.75 Å². The predicted molar refractivity (Wildman–Crippen MR) is 107 cm³/mol. The number of hydrogen-bond donors (Lipinski definition) is 2. The Bertz CT molecular complexity index is 918. The van der Waals surface area contributed by atoms with E-state index >= 15 is 0 Å². The summed E-state index contributed by atoms with van der Waals surface area (Å²) < 4.78 is 37.2. The van der Waals surface area contributed by atoms with Crippen molar-refractivity contribution in [1.29, 1.82) is 0 Å². The second kappa shape index (κ2) is 9.67. The van der Waals surface area contributed by atoms with Crippen molar-refractivity contribution in [1.82, 2.24) is 5.32 Å². The van der Waals surface area contributed by atoms with E-state index in [9.17, 15) is 13.6 Å². The predicted octanol–water partition coefficient (Wildman–Crippen LogP) is 4.00. The van der Waals surface area contributed by atoms with Crippen molar-refractivity contribution in [2.45, 2.75) is 18.9 Å². The Kier molecular flexibility index (Phi) is 7.00. The first kappa shape index (κ1) is 21.0. The number of ether oxygens (including phenoxy) is 2. The standard InChI is InChI=1S/C20H20ClF2N3O3/c1-28-18-7-5-13(10-15(18)21)25-20(24-11-14-3-2-8-29-14)26-19(27)12-4-6-16(22)17(23)9-12/h4-7,9-10,14H,2-3,8,11H2,1H3,(H2,24,25,26,27)/t14-/m1/s1. The molecule has 1 heterocycles. The van der Waals surface area contributed by atoms with Gasteiger partial charge in [-0.3, -0.25) is 10.1 Å². The topological polar surface area (TPSA) is 71.9 Å². The summed E-state index contributed by atoms with van der Waals surface area (Å²) in [4.78, 5) is 16.9. The quantitative estimate of drug-likeness (QED) is 0.563. The van der Waals surface area contributed by atoms with Gasteiger partial charge < -0.3 is 14.8 Å². The van der Waals surface area contributed by atoms with Crippen molar-refractivity contribution in [2.24, 2.45) is 4.99 Å². The number of aliphatic imine (C=N–C) groups is 1. The lowest BCUT2D eigenvalue weighted by atomic mass is 10.2. The fraction of sp³-hybridized carbons (Fsp3) is 0.300. The van der Waals surface area contributed by atoms with E-state index in [-0.39, 0.29) is 17.6 Å². The number of benzene rings is 2. The van der Waals surface area contributed by atoms with Crippen LogP contribution in [0.2, 0.25) is 5.02 Å². The minimum absolute atomic E-state index is 0.0357.